The van der Waals surface area contributed by atoms with Crippen molar-refractivity contribution in [3.05, 3.63) is 150 Å². The van der Waals surface area contributed by atoms with Gasteiger partial charge in [0.15, 0.2) is 11.0 Å². The number of nitriles is 1. The molecule has 2 heterocycles. The summed E-state index contributed by atoms with van der Waals surface area (Å²) in [5, 5.41) is 11.6. The van der Waals surface area contributed by atoms with E-state index >= 15 is 0 Å². The number of nitrogens with zero attached hydrogens (tertiary/aromatic N) is 5. The van der Waals surface area contributed by atoms with Gasteiger partial charge in [-0.25, -0.2) is 9.97 Å². The van der Waals surface area contributed by atoms with Crippen LogP contribution in [0.3, 0.4) is 0 Å². The molecule has 0 atom stereocenters. The number of benzene rings is 4. The highest BCUT2D eigenvalue weighted by Crippen LogP contribution is 2.28. The number of aromatic nitrogens is 4. The standard InChI is InChI=1S/C35H23Cl3N6O4S/c36-23-12-10-22(11-13-23)32-26(17-39)33(46)43(18-21-6-2-1-3-7-21)35(41-32)49-20-31(45)42-44-30(19-48-29-15-14-24(37)16-27(29)38)40-28-9-5-4-8-25(28)34(44)47/h1-16H,18-20H2,(H,42,45). The molecule has 0 aliphatic heterocycles. The second-order valence-corrected chi connectivity index (χ2v) is 12.7. The zero-order valence-corrected chi connectivity index (χ0v) is 28.4. The van der Waals surface area contributed by atoms with E-state index in [0.717, 1.165) is 22.0 Å². The lowest BCUT2D eigenvalue weighted by Crippen LogP contribution is -2.37. The van der Waals surface area contributed by atoms with Crippen LogP contribution in [0.4, 0.5) is 0 Å². The SMILES string of the molecule is N#Cc1c(-c2ccc(Cl)cc2)nc(SCC(=O)Nn2c(COc3ccc(Cl)cc3Cl)nc3ccccc3c2=O)n(Cc2ccccc2)c1=O. The number of halogens is 3. The number of amides is 1. The Labute approximate surface area is 298 Å². The average Bonchev–Trinajstić information content (AvgIpc) is 3.10. The van der Waals surface area contributed by atoms with E-state index in [0.29, 0.717) is 26.9 Å². The van der Waals surface area contributed by atoms with Crippen molar-refractivity contribution in [3.8, 4) is 23.1 Å². The Bertz CT molecular complexity index is 2360. The van der Waals surface area contributed by atoms with Crippen molar-refractivity contribution >= 4 is 63.4 Å². The fraction of sp³-hybridized carbons (Fsp3) is 0.0857. The molecule has 0 aliphatic rings. The van der Waals surface area contributed by atoms with Crippen molar-refractivity contribution in [2.45, 2.75) is 18.3 Å². The molecule has 1 N–H and O–H groups in total. The molecule has 0 aliphatic carbocycles. The number of hydrogen-bond donors (Lipinski definition) is 1. The first-order valence-corrected chi connectivity index (χ1v) is 16.7. The molecule has 49 heavy (non-hydrogen) atoms. The minimum absolute atomic E-state index is 0.106. The van der Waals surface area contributed by atoms with E-state index in [1.165, 1.54) is 10.6 Å². The van der Waals surface area contributed by atoms with Crippen LogP contribution in [0.5, 0.6) is 5.75 Å². The summed E-state index contributed by atoms with van der Waals surface area (Å²) in [6.07, 6.45) is 0. The van der Waals surface area contributed by atoms with Gasteiger partial charge in [0.05, 0.1) is 33.9 Å². The Morgan fingerprint density at radius 1 is 0.878 bits per heavy atom. The lowest BCUT2D eigenvalue weighted by atomic mass is 10.1. The van der Waals surface area contributed by atoms with Crippen LogP contribution in [-0.2, 0) is 17.9 Å². The Kier molecular flexibility index (Phi) is 10.3. The number of carbonyl (C=O) groups excluding carboxylic acids is 1. The second-order valence-electron chi connectivity index (χ2n) is 10.5. The highest BCUT2D eigenvalue weighted by Gasteiger charge is 2.21. The number of nitrogens with one attached hydrogen (secondary N) is 1. The average molecular weight is 730 g/mol. The van der Waals surface area contributed by atoms with E-state index in [4.69, 9.17) is 44.5 Å². The van der Waals surface area contributed by atoms with E-state index in [1.54, 1.807) is 60.7 Å². The number of fused-ring (bicyclic) bond motifs is 1. The summed E-state index contributed by atoms with van der Waals surface area (Å²) in [5.74, 6) is -0.430. The summed E-state index contributed by atoms with van der Waals surface area (Å²) in [6, 6.07) is 29.2. The fourth-order valence-electron chi connectivity index (χ4n) is 4.88. The molecule has 4 aromatic carbocycles. The molecule has 0 radical (unpaired) electrons. The quantitative estimate of drug-likeness (QED) is 0.119. The maximum Gasteiger partial charge on any atom is 0.280 e. The van der Waals surface area contributed by atoms with Gasteiger partial charge < -0.3 is 4.74 Å². The van der Waals surface area contributed by atoms with Crippen molar-refractivity contribution in [1.29, 1.82) is 5.26 Å². The number of para-hydroxylation sites is 1. The summed E-state index contributed by atoms with van der Waals surface area (Å²) >= 11 is 19.3. The summed E-state index contributed by atoms with van der Waals surface area (Å²) in [7, 11) is 0. The van der Waals surface area contributed by atoms with E-state index in [1.807, 2.05) is 36.4 Å². The third-order valence-electron chi connectivity index (χ3n) is 7.21. The molecular weight excluding hydrogens is 707 g/mol. The lowest BCUT2D eigenvalue weighted by Gasteiger charge is -2.17. The van der Waals surface area contributed by atoms with Crippen molar-refractivity contribution in [1.82, 2.24) is 19.2 Å². The van der Waals surface area contributed by atoms with Gasteiger partial charge in [0, 0.05) is 15.6 Å². The number of carbonyl (C=O) groups is 1. The summed E-state index contributed by atoms with van der Waals surface area (Å²) in [6.45, 7) is -0.109. The molecule has 0 saturated carbocycles. The molecule has 1 amide bonds. The molecule has 6 aromatic rings. The molecule has 0 unspecified atom stereocenters. The maximum absolute atomic E-state index is 13.7. The molecule has 0 bridgehead atoms. The minimum atomic E-state index is -0.590. The Morgan fingerprint density at radius 2 is 1.59 bits per heavy atom. The topological polar surface area (TPSA) is 132 Å². The Morgan fingerprint density at radius 3 is 2.33 bits per heavy atom. The minimum Gasteiger partial charge on any atom is -0.484 e. The van der Waals surface area contributed by atoms with Crippen molar-refractivity contribution in [3.63, 3.8) is 0 Å². The summed E-state index contributed by atoms with van der Waals surface area (Å²) in [4.78, 5) is 50.1. The van der Waals surface area contributed by atoms with Gasteiger partial charge in [-0.1, -0.05) is 101 Å². The van der Waals surface area contributed by atoms with Gasteiger partial charge in [0.25, 0.3) is 11.1 Å². The number of hydrogen-bond acceptors (Lipinski definition) is 8. The van der Waals surface area contributed by atoms with Gasteiger partial charge in [0.2, 0.25) is 5.91 Å². The summed E-state index contributed by atoms with van der Waals surface area (Å²) in [5.41, 5.74) is 3.26. The van der Waals surface area contributed by atoms with E-state index in [2.05, 4.69) is 10.4 Å². The zero-order chi connectivity index (χ0) is 34.5. The van der Waals surface area contributed by atoms with E-state index < -0.39 is 17.0 Å². The van der Waals surface area contributed by atoms with Gasteiger partial charge in [-0.2, -0.15) is 9.94 Å². The first kappa shape index (κ1) is 33.8. The Balaban J connectivity index is 1.32. The van der Waals surface area contributed by atoms with Crippen molar-refractivity contribution in [2.75, 3.05) is 11.2 Å². The van der Waals surface area contributed by atoms with E-state index in [-0.39, 0.29) is 51.6 Å². The smallest absolute Gasteiger partial charge is 0.280 e. The lowest BCUT2D eigenvalue weighted by molar-refractivity contribution is -0.114. The van der Waals surface area contributed by atoms with Crippen LogP contribution in [0.1, 0.15) is 17.0 Å². The van der Waals surface area contributed by atoms with Gasteiger partial charge >= 0.3 is 0 Å². The van der Waals surface area contributed by atoms with Gasteiger partial charge in [-0.15, -0.1) is 0 Å². The van der Waals surface area contributed by atoms with Crippen LogP contribution in [0.2, 0.25) is 15.1 Å². The molecule has 0 spiro atoms. The molecule has 14 heteroatoms. The van der Waals surface area contributed by atoms with Crippen molar-refractivity contribution < 1.29 is 9.53 Å². The largest absolute Gasteiger partial charge is 0.484 e. The number of thioether (sulfide) groups is 1. The van der Waals surface area contributed by atoms with Gasteiger partial charge in [0.1, 0.15) is 24.0 Å². The molecule has 0 saturated heterocycles. The van der Waals surface area contributed by atoms with Gasteiger partial charge in [-0.05, 0) is 48.0 Å². The van der Waals surface area contributed by atoms with Crippen molar-refractivity contribution in [2.24, 2.45) is 0 Å². The molecule has 2 aromatic heterocycles. The van der Waals surface area contributed by atoms with Crippen LogP contribution in [-0.4, -0.2) is 30.9 Å². The predicted molar refractivity (Wildman–Crippen MR) is 191 cm³/mol. The second kappa shape index (κ2) is 15.0. The third-order valence-corrected chi connectivity index (χ3v) is 8.97. The summed E-state index contributed by atoms with van der Waals surface area (Å²) < 4.78 is 8.23. The van der Waals surface area contributed by atoms with E-state index in [9.17, 15) is 19.6 Å². The number of ether oxygens (including phenoxy) is 1. The van der Waals surface area contributed by atoms with Gasteiger partial charge in [-0.3, -0.25) is 24.4 Å². The maximum atomic E-state index is 13.7. The molecule has 0 fully saturated rings. The van der Waals surface area contributed by atoms with Crippen LogP contribution in [0.15, 0.2) is 112 Å². The molecular formula is C35H23Cl3N6O4S. The van der Waals surface area contributed by atoms with Crippen LogP contribution in [0.25, 0.3) is 22.2 Å². The highest BCUT2D eigenvalue weighted by atomic mass is 35.5. The first-order chi connectivity index (χ1) is 23.7. The molecule has 10 nitrogen and oxygen atoms in total. The molecule has 244 valence electrons. The van der Waals surface area contributed by atoms with Crippen LogP contribution >= 0.6 is 46.6 Å². The first-order valence-electron chi connectivity index (χ1n) is 14.6. The van der Waals surface area contributed by atoms with Crippen LogP contribution < -0.4 is 21.3 Å². The highest BCUT2D eigenvalue weighted by molar-refractivity contribution is 7.99. The predicted octanol–water partition coefficient (Wildman–Crippen LogP) is 6.94. The zero-order valence-electron chi connectivity index (χ0n) is 25.3. The monoisotopic (exact) mass is 728 g/mol. The number of rotatable bonds is 10. The third kappa shape index (κ3) is 7.63. The Hall–Kier alpha value is -5.12. The fourth-order valence-corrected chi connectivity index (χ4v) is 6.25. The van der Waals surface area contributed by atoms with Crippen LogP contribution in [0, 0.1) is 11.3 Å². The normalized spacial score (nSPS) is 10.9. The molecule has 6 rings (SSSR count).